The summed E-state index contributed by atoms with van der Waals surface area (Å²) in [5, 5.41) is 0.740. The number of likely N-dealkylation sites (tertiary alicyclic amines) is 1. The Labute approximate surface area is 168 Å². The first-order valence-corrected chi connectivity index (χ1v) is 9.89. The summed E-state index contributed by atoms with van der Waals surface area (Å²) in [4.78, 5) is 14.3. The van der Waals surface area contributed by atoms with E-state index in [0.29, 0.717) is 13.1 Å². The van der Waals surface area contributed by atoms with Gasteiger partial charge in [-0.05, 0) is 56.9 Å². The van der Waals surface area contributed by atoms with Crippen molar-refractivity contribution in [1.82, 2.24) is 4.90 Å². The highest BCUT2D eigenvalue weighted by Gasteiger charge is 2.39. The van der Waals surface area contributed by atoms with Crippen LogP contribution in [0.3, 0.4) is 0 Å². The van der Waals surface area contributed by atoms with Crippen LogP contribution in [0, 0.1) is 0 Å². The van der Waals surface area contributed by atoms with Crippen LogP contribution in [0.1, 0.15) is 44.7 Å². The molecule has 1 heterocycles. The van der Waals surface area contributed by atoms with Crippen molar-refractivity contribution >= 4 is 31.0 Å². The SMILES string of the molecule is Bc1ccc(C2(c3ccc(Cl)cc3)CCN(C(=O)OC(C)(C)C)CC2)cc1. The van der Waals surface area contributed by atoms with E-state index in [1.54, 1.807) is 0 Å². The van der Waals surface area contributed by atoms with Crippen molar-refractivity contribution in [3.63, 3.8) is 0 Å². The fourth-order valence-electron chi connectivity index (χ4n) is 3.78. The maximum Gasteiger partial charge on any atom is 0.410 e. The number of hydrogen-bond donors (Lipinski definition) is 0. The van der Waals surface area contributed by atoms with Gasteiger partial charge in [0.1, 0.15) is 13.4 Å². The van der Waals surface area contributed by atoms with Crippen LogP contribution in [-0.2, 0) is 10.2 Å². The zero-order chi connectivity index (χ0) is 19.7. The molecule has 2 aromatic carbocycles. The fraction of sp³-hybridized carbons (Fsp3) is 0.409. The van der Waals surface area contributed by atoms with Gasteiger partial charge in [-0.3, -0.25) is 0 Å². The van der Waals surface area contributed by atoms with E-state index in [-0.39, 0.29) is 11.5 Å². The van der Waals surface area contributed by atoms with Crippen molar-refractivity contribution in [3.05, 3.63) is 64.7 Å². The number of nitrogens with zero attached hydrogens (tertiary/aromatic N) is 1. The third kappa shape index (κ3) is 4.49. The Morgan fingerprint density at radius 1 is 1.00 bits per heavy atom. The summed E-state index contributed by atoms with van der Waals surface area (Å²) in [6.45, 7) is 7.05. The Morgan fingerprint density at radius 2 is 1.48 bits per heavy atom. The van der Waals surface area contributed by atoms with Crippen LogP contribution in [0.5, 0.6) is 0 Å². The molecule has 0 bridgehead atoms. The summed E-state index contributed by atoms with van der Waals surface area (Å²) >= 11 is 6.12. The van der Waals surface area contributed by atoms with Gasteiger partial charge in [0.2, 0.25) is 0 Å². The molecule has 0 spiro atoms. The average Bonchev–Trinajstić information content (AvgIpc) is 2.61. The summed E-state index contributed by atoms with van der Waals surface area (Å²) < 4.78 is 5.56. The Morgan fingerprint density at radius 3 is 1.96 bits per heavy atom. The van der Waals surface area contributed by atoms with Gasteiger partial charge in [-0.25, -0.2) is 4.79 Å². The summed E-state index contributed by atoms with van der Waals surface area (Å²) in [6.07, 6.45) is 1.49. The Balaban J connectivity index is 1.88. The number of carbonyl (C=O) groups is 1. The zero-order valence-corrected chi connectivity index (χ0v) is 17.3. The lowest BCUT2D eigenvalue weighted by Crippen LogP contribution is -2.47. The fourth-order valence-corrected chi connectivity index (χ4v) is 3.91. The van der Waals surface area contributed by atoms with Crippen LogP contribution in [0.4, 0.5) is 4.79 Å². The predicted octanol–water partition coefficient (Wildman–Crippen LogP) is 3.92. The van der Waals surface area contributed by atoms with E-state index < -0.39 is 5.60 Å². The van der Waals surface area contributed by atoms with Crippen molar-refractivity contribution in [1.29, 1.82) is 0 Å². The molecule has 1 saturated heterocycles. The van der Waals surface area contributed by atoms with E-state index in [2.05, 4.69) is 44.2 Å². The molecule has 1 amide bonds. The number of hydrogen-bond acceptors (Lipinski definition) is 2. The third-order valence-corrected chi connectivity index (χ3v) is 5.52. The molecule has 0 atom stereocenters. The summed E-state index contributed by atoms with van der Waals surface area (Å²) in [6, 6.07) is 16.9. The molecule has 1 aliphatic heterocycles. The minimum absolute atomic E-state index is 0.114. The van der Waals surface area contributed by atoms with Gasteiger partial charge < -0.3 is 9.64 Å². The molecule has 0 saturated carbocycles. The van der Waals surface area contributed by atoms with Gasteiger partial charge >= 0.3 is 6.09 Å². The number of rotatable bonds is 2. The van der Waals surface area contributed by atoms with Crippen LogP contribution in [0.15, 0.2) is 48.5 Å². The highest BCUT2D eigenvalue weighted by Crippen LogP contribution is 2.42. The Kier molecular flexibility index (Phi) is 5.57. The standard InChI is InChI=1S/C22H27BClNO2/c1-21(2,3)27-20(26)25-14-12-22(13-15-25,16-4-8-18(23)9-5-16)17-6-10-19(24)11-7-17/h4-11H,12-15,23H2,1-3H3. The first-order chi connectivity index (χ1) is 12.7. The molecule has 1 aliphatic rings. The number of amides is 1. The molecule has 0 unspecified atom stereocenters. The van der Waals surface area contributed by atoms with Crippen LogP contribution in [-0.4, -0.2) is 37.5 Å². The number of ether oxygens (including phenoxy) is 1. The lowest BCUT2D eigenvalue weighted by Gasteiger charge is -2.43. The van der Waals surface area contributed by atoms with Gasteiger partial charge in [0, 0.05) is 23.5 Å². The molecule has 0 aliphatic carbocycles. The van der Waals surface area contributed by atoms with Gasteiger partial charge in [0.15, 0.2) is 0 Å². The molecule has 142 valence electrons. The summed E-state index contributed by atoms with van der Waals surface area (Å²) in [5.74, 6) is 0. The molecule has 5 heteroatoms. The van der Waals surface area contributed by atoms with Crippen molar-refractivity contribution in [3.8, 4) is 0 Å². The minimum Gasteiger partial charge on any atom is -0.444 e. The van der Waals surface area contributed by atoms with Gasteiger partial charge in [-0.1, -0.05) is 53.5 Å². The van der Waals surface area contributed by atoms with Gasteiger partial charge in [-0.2, -0.15) is 0 Å². The largest absolute Gasteiger partial charge is 0.444 e. The molecule has 0 aromatic heterocycles. The number of halogens is 1. The lowest BCUT2D eigenvalue weighted by atomic mass is 9.67. The van der Waals surface area contributed by atoms with Crippen molar-refractivity contribution < 1.29 is 9.53 Å². The highest BCUT2D eigenvalue weighted by atomic mass is 35.5. The molecule has 3 rings (SSSR count). The first kappa shape index (κ1) is 19.8. The van der Waals surface area contributed by atoms with Crippen molar-refractivity contribution in [2.75, 3.05) is 13.1 Å². The number of piperidine rings is 1. The summed E-state index contributed by atoms with van der Waals surface area (Å²) in [5.41, 5.74) is 3.20. The normalized spacial score (nSPS) is 16.8. The maximum absolute atomic E-state index is 12.5. The van der Waals surface area contributed by atoms with E-state index >= 15 is 0 Å². The van der Waals surface area contributed by atoms with E-state index in [4.69, 9.17) is 16.3 Å². The summed E-state index contributed by atoms with van der Waals surface area (Å²) in [7, 11) is 2.10. The third-order valence-electron chi connectivity index (χ3n) is 5.27. The topological polar surface area (TPSA) is 29.5 Å². The zero-order valence-electron chi connectivity index (χ0n) is 16.6. The van der Waals surface area contributed by atoms with Crippen molar-refractivity contribution in [2.24, 2.45) is 0 Å². The van der Waals surface area contributed by atoms with E-state index in [0.717, 1.165) is 17.9 Å². The smallest absolute Gasteiger partial charge is 0.410 e. The number of benzene rings is 2. The van der Waals surface area contributed by atoms with Crippen molar-refractivity contribution in [2.45, 2.75) is 44.6 Å². The molecule has 3 nitrogen and oxygen atoms in total. The monoisotopic (exact) mass is 383 g/mol. The van der Waals surface area contributed by atoms with Gasteiger partial charge in [-0.15, -0.1) is 0 Å². The van der Waals surface area contributed by atoms with E-state index in [1.165, 1.54) is 16.6 Å². The molecule has 0 radical (unpaired) electrons. The maximum atomic E-state index is 12.5. The van der Waals surface area contributed by atoms with E-state index in [9.17, 15) is 4.79 Å². The van der Waals surface area contributed by atoms with E-state index in [1.807, 2.05) is 37.8 Å². The van der Waals surface area contributed by atoms with Crippen LogP contribution < -0.4 is 5.46 Å². The Bertz CT molecular complexity index is 741. The number of carbonyl (C=O) groups excluding carboxylic acids is 1. The quantitative estimate of drug-likeness (QED) is 0.736. The second kappa shape index (κ2) is 7.59. The molecular weight excluding hydrogens is 357 g/mol. The molecule has 0 N–H and O–H groups in total. The average molecular weight is 384 g/mol. The second-order valence-electron chi connectivity index (χ2n) is 8.42. The molecule has 1 fully saturated rings. The Hall–Kier alpha value is -1.94. The van der Waals surface area contributed by atoms with Crippen LogP contribution in [0.2, 0.25) is 5.02 Å². The molecule has 2 aromatic rings. The van der Waals surface area contributed by atoms with Gasteiger partial charge in [0.25, 0.3) is 0 Å². The van der Waals surface area contributed by atoms with Crippen LogP contribution in [0.25, 0.3) is 0 Å². The lowest BCUT2D eigenvalue weighted by molar-refractivity contribution is 0.0180. The van der Waals surface area contributed by atoms with Crippen LogP contribution >= 0.6 is 11.6 Å². The first-order valence-electron chi connectivity index (χ1n) is 9.51. The second-order valence-corrected chi connectivity index (χ2v) is 8.86. The highest BCUT2D eigenvalue weighted by molar-refractivity contribution is 6.32. The predicted molar refractivity (Wildman–Crippen MR) is 114 cm³/mol. The molecular formula is C22H27BClNO2. The minimum atomic E-state index is -0.473. The van der Waals surface area contributed by atoms with Gasteiger partial charge in [0.05, 0.1) is 0 Å². The molecule has 27 heavy (non-hydrogen) atoms.